The lowest BCUT2D eigenvalue weighted by molar-refractivity contribution is -0.138. The number of hydrogen-bond donors (Lipinski definition) is 0. The summed E-state index contributed by atoms with van der Waals surface area (Å²) < 4.78 is 37.8. The molecule has 13 heavy (non-hydrogen) atoms. The molecule has 0 amide bonds. The molecular weight excluding hydrogens is 381 g/mol. The minimum absolute atomic E-state index is 0.00868. The molecule has 0 bridgehead atoms. The predicted molar refractivity (Wildman–Crippen MR) is 54.5 cm³/mol. The van der Waals surface area contributed by atoms with Gasteiger partial charge in [0.25, 0.3) is 0 Å². The van der Waals surface area contributed by atoms with Gasteiger partial charge in [0.2, 0.25) is 0 Å². The lowest BCUT2D eigenvalue weighted by atomic mass is 10.2. The predicted octanol–water partition coefficient (Wildman–Crippen LogP) is 4.99. The van der Waals surface area contributed by atoms with E-state index in [1.54, 1.807) is 0 Å². The van der Waals surface area contributed by atoms with Gasteiger partial charge < -0.3 is 0 Å². The van der Waals surface area contributed by atoms with Crippen molar-refractivity contribution < 1.29 is 13.2 Å². The summed E-state index contributed by atoms with van der Waals surface area (Å²) in [6, 6.07) is 2.36. The molecule has 0 nitrogen and oxygen atoms in total. The molecule has 0 unspecified atom stereocenters. The van der Waals surface area contributed by atoms with Crippen LogP contribution in [0.5, 0.6) is 0 Å². The van der Waals surface area contributed by atoms with E-state index in [0.717, 1.165) is 6.07 Å². The van der Waals surface area contributed by atoms with Crippen LogP contribution in [0, 0.1) is 0 Å². The highest BCUT2D eigenvalue weighted by Gasteiger charge is 2.33. The molecule has 1 aromatic carbocycles. The number of rotatable bonds is 0. The molecule has 0 saturated heterocycles. The minimum atomic E-state index is -4.33. The normalized spacial score (nSPS) is 11.8. The van der Waals surface area contributed by atoms with E-state index in [1.807, 2.05) is 0 Å². The molecule has 0 fully saturated rings. The average Bonchev–Trinajstić information content (AvgIpc) is 1.98. The smallest absolute Gasteiger partial charge is 0.166 e. The van der Waals surface area contributed by atoms with Crippen LogP contribution in [0.1, 0.15) is 5.56 Å². The van der Waals surface area contributed by atoms with E-state index < -0.39 is 11.7 Å². The summed E-state index contributed by atoms with van der Waals surface area (Å²) in [5.74, 6) is 0. The molecule has 1 aromatic rings. The monoisotopic (exact) mass is 380 g/mol. The topological polar surface area (TPSA) is 0 Å². The Labute approximate surface area is 97.9 Å². The maximum absolute atomic E-state index is 12.3. The molecule has 0 aliphatic heterocycles. The Morgan fingerprint density at radius 3 is 1.92 bits per heavy atom. The van der Waals surface area contributed by atoms with Crippen LogP contribution >= 0.6 is 47.8 Å². The molecule has 0 radical (unpaired) electrons. The third-order valence-electron chi connectivity index (χ3n) is 1.34. The Balaban J connectivity index is 3.35. The molecule has 0 N–H and O–H groups in total. The third-order valence-corrected chi connectivity index (χ3v) is 4.71. The molecular formula is C7H2Br3F3. The summed E-state index contributed by atoms with van der Waals surface area (Å²) in [5.41, 5.74) is -0.692. The van der Waals surface area contributed by atoms with Gasteiger partial charge in [0, 0.05) is 13.4 Å². The lowest BCUT2D eigenvalue weighted by Gasteiger charge is -2.10. The van der Waals surface area contributed by atoms with E-state index in [-0.39, 0.29) is 4.47 Å². The fraction of sp³-hybridized carbons (Fsp3) is 0.143. The molecule has 0 spiro atoms. The van der Waals surface area contributed by atoms with Crippen LogP contribution in [0.15, 0.2) is 25.6 Å². The second-order valence-corrected chi connectivity index (χ2v) is 4.66. The van der Waals surface area contributed by atoms with E-state index in [1.165, 1.54) is 6.07 Å². The first-order valence-corrected chi connectivity index (χ1v) is 5.42. The second kappa shape index (κ2) is 3.90. The molecule has 6 heteroatoms. The van der Waals surface area contributed by atoms with E-state index in [9.17, 15) is 13.2 Å². The largest absolute Gasteiger partial charge is 0.417 e. The fourth-order valence-electron chi connectivity index (χ4n) is 0.745. The van der Waals surface area contributed by atoms with Gasteiger partial charge in [-0.15, -0.1) is 0 Å². The number of halogens is 6. The zero-order valence-corrected chi connectivity index (χ0v) is 10.7. The maximum atomic E-state index is 12.3. The van der Waals surface area contributed by atoms with Crippen LogP contribution < -0.4 is 0 Å². The molecule has 0 aliphatic rings. The van der Waals surface area contributed by atoms with Crippen molar-refractivity contribution in [3.8, 4) is 0 Å². The van der Waals surface area contributed by atoms with Crippen LogP contribution in [-0.2, 0) is 6.18 Å². The first-order valence-electron chi connectivity index (χ1n) is 3.04. The van der Waals surface area contributed by atoms with Crippen LogP contribution in [0.4, 0.5) is 13.2 Å². The van der Waals surface area contributed by atoms with E-state index in [4.69, 9.17) is 0 Å². The van der Waals surface area contributed by atoms with Gasteiger partial charge in [0.1, 0.15) is 0 Å². The van der Waals surface area contributed by atoms with Crippen LogP contribution in [-0.4, -0.2) is 0 Å². The summed E-state index contributed by atoms with van der Waals surface area (Å²) in [6.07, 6.45) is -4.33. The van der Waals surface area contributed by atoms with Crippen molar-refractivity contribution in [1.29, 1.82) is 0 Å². The third kappa shape index (κ3) is 2.47. The zero-order chi connectivity index (χ0) is 10.2. The Bertz CT molecular complexity index is 332. The summed E-state index contributed by atoms with van der Waals surface area (Å²) in [4.78, 5) is 0. The summed E-state index contributed by atoms with van der Waals surface area (Å²) in [7, 11) is 0. The Hall–Kier alpha value is 0.450. The van der Waals surface area contributed by atoms with E-state index in [2.05, 4.69) is 47.8 Å². The van der Waals surface area contributed by atoms with Gasteiger partial charge in [-0.3, -0.25) is 0 Å². The highest BCUT2D eigenvalue weighted by Crippen LogP contribution is 2.41. The van der Waals surface area contributed by atoms with Gasteiger partial charge in [-0.05, 0) is 59.9 Å². The van der Waals surface area contributed by atoms with Gasteiger partial charge in [-0.2, -0.15) is 13.2 Å². The lowest BCUT2D eigenvalue weighted by Crippen LogP contribution is -2.06. The quantitative estimate of drug-likeness (QED) is 0.554. The SMILES string of the molecule is FC(F)(F)c1ccc(Br)c(Br)c1Br. The van der Waals surface area contributed by atoms with Crippen LogP contribution in [0.3, 0.4) is 0 Å². The summed E-state index contributed by atoms with van der Waals surface area (Å²) in [6.45, 7) is 0. The minimum Gasteiger partial charge on any atom is -0.166 e. The first-order chi connectivity index (χ1) is 5.84. The molecule has 0 aliphatic carbocycles. The van der Waals surface area contributed by atoms with Crippen molar-refractivity contribution in [3.05, 3.63) is 31.1 Å². The molecule has 0 atom stereocenters. The van der Waals surface area contributed by atoms with Gasteiger partial charge in [-0.1, -0.05) is 0 Å². The number of benzene rings is 1. The summed E-state index contributed by atoms with van der Waals surface area (Å²) in [5, 5.41) is 0. The average molecular weight is 383 g/mol. The van der Waals surface area contributed by atoms with Crippen LogP contribution in [0.25, 0.3) is 0 Å². The van der Waals surface area contributed by atoms with Crippen molar-refractivity contribution in [2.75, 3.05) is 0 Å². The molecule has 0 saturated carbocycles. The van der Waals surface area contributed by atoms with Crippen molar-refractivity contribution in [1.82, 2.24) is 0 Å². The van der Waals surface area contributed by atoms with Gasteiger partial charge >= 0.3 is 6.18 Å². The number of alkyl halides is 3. The van der Waals surface area contributed by atoms with Gasteiger partial charge in [-0.25, -0.2) is 0 Å². The molecule has 0 heterocycles. The van der Waals surface area contributed by atoms with Crippen LogP contribution in [0.2, 0.25) is 0 Å². The molecule has 0 aromatic heterocycles. The molecule has 1 rings (SSSR count). The van der Waals surface area contributed by atoms with Crippen molar-refractivity contribution in [2.45, 2.75) is 6.18 Å². The van der Waals surface area contributed by atoms with Crippen molar-refractivity contribution in [3.63, 3.8) is 0 Å². The molecule has 72 valence electrons. The van der Waals surface area contributed by atoms with Gasteiger partial charge in [0.15, 0.2) is 0 Å². The Kier molecular flexibility index (Phi) is 3.46. The highest BCUT2D eigenvalue weighted by molar-refractivity contribution is 9.14. The van der Waals surface area contributed by atoms with E-state index in [0.29, 0.717) is 8.95 Å². The summed E-state index contributed by atoms with van der Waals surface area (Å²) >= 11 is 9.00. The van der Waals surface area contributed by atoms with Crippen molar-refractivity contribution in [2.24, 2.45) is 0 Å². The standard InChI is InChI=1S/C7H2Br3F3/c8-4-2-1-3(7(11,12)13)5(9)6(4)10/h1-2H. The Morgan fingerprint density at radius 2 is 1.46 bits per heavy atom. The zero-order valence-electron chi connectivity index (χ0n) is 5.92. The highest BCUT2D eigenvalue weighted by atomic mass is 79.9. The second-order valence-electron chi connectivity index (χ2n) is 2.22. The Morgan fingerprint density at radius 1 is 0.923 bits per heavy atom. The number of hydrogen-bond acceptors (Lipinski definition) is 0. The maximum Gasteiger partial charge on any atom is 0.417 e. The van der Waals surface area contributed by atoms with Gasteiger partial charge in [0.05, 0.1) is 5.56 Å². The van der Waals surface area contributed by atoms with Crippen molar-refractivity contribution >= 4 is 47.8 Å². The first kappa shape index (κ1) is 11.5. The van der Waals surface area contributed by atoms with E-state index >= 15 is 0 Å². The fourth-order valence-corrected chi connectivity index (χ4v) is 2.26.